The average molecular weight is 279 g/mol. The number of anilines is 1. The number of aromatic amines is 1. The fourth-order valence-corrected chi connectivity index (χ4v) is 2.08. The van der Waals surface area contributed by atoms with E-state index in [2.05, 4.69) is 15.3 Å². The number of halogens is 2. The van der Waals surface area contributed by atoms with Crippen LogP contribution in [0.1, 0.15) is 12.1 Å². The third-order valence-corrected chi connectivity index (χ3v) is 3.31. The third kappa shape index (κ3) is 2.28. The molecule has 0 aromatic carbocycles. The van der Waals surface area contributed by atoms with E-state index in [1.165, 1.54) is 0 Å². The second-order valence-corrected chi connectivity index (χ2v) is 6.13. The first kappa shape index (κ1) is 12.7. The molecule has 0 fully saturated rings. The van der Waals surface area contributed by atoms with Crippen molar-refractivity contribution in [2.24, 2.45) is 0 Å². The summed E-state index contributed by atoms with van der Waals surface area (Å²) in [5.74, 6) is -0.218. The Bertz CT molecular complexity index is 675. The van der Waals surface area contributed by atoms with Crippen LogP contribution in [0.5, 0.6) is 0 Å². The molecule has 0 spiro atoms. The number of aromatic nitrogens is 4. The molecule has 7 nitrogen and oxygen atoms in total. The highest BCUT2D eigenvalue weighted by Gasteiger charge is 2.23. The van der Waals surface area contributed by atoms with E-state index >= 15 is 0 Å². The van der Waals surface area contributed by atoms with Crippen molar-refractivity contribution in [2.45, 2.75) is 13.0 Å². The molecule has 0 saturated carbocycles. The van der Waals surface area contributed by atoms with Gasteiger partial charge in [-0.1, -0.05) is 0 Å². The highest BCUT2D eigenvalue weighted by Crippen LogP contribution is 2.29. The number of hydrogen-bond acceptors (Lipinski definition) is 5. The van der Waals surface area contributed by atoms with Gasteiger partial charge in [-0.15, -0.1) is 0 Å². The topological polar surface area (TPSA) is 107 Å². The normalized spacial score (nSPS) is 12.7. The molecule has 2 heterocycles. The molecule has 0 radical (unpaired) electrons. The number of nitrogens with zero attached hydrogens (tertiary/aromatic N) is 3. The lowest BCUT2D eigenvalue weighted by atomic mass is 10.3. The molecule has 3 N–H and O–H groups in total. The van der Waals surface area contributed by atoms with Gasteiger partial charge in [0.1, 0.15) is 21.3 Å². The third-order valence-electron chi connectivity index (χ3n) is 2.38. The summed E-state index contributed by atoms with van der Waals surface area (Å²) in [6.45, 7) is -0.0493. The SMILES string of the molecule is CS(=O)(=O)CCn1nc(C(F)F)c2c(N)[nH]nc21. The maximum Gasteiger partial charge on any atom is 0.282 e. The van der Waals surface area contributed by atoms with E-state index in [9.17, 15) is 17.2 Å². The molecule has 0 aliphatic heterocycles. The van der Waals surface area contributed by atoms with Crippen molar-refractivity contribution < 1.29 is 17.2 Å². The number of fused-ring (bicyclic) bond motifs is 1. The summed E-state index contributed by atoms with van der Waals surface area (Å²) in [5, 5.41) is 9.81. The minimum absolute atomic E-state index is 0.00842. The van der Waals surface area contributed by atoms with Gasteiger partial charge in [0, 0.05) is 6.26 Å². The van der Waals surface area contributed by atoms with Crippen LogP contribution in [0.2, 0.25) is 0 Å². The molecule has 18 heavy (non-hydrogen) atoms. The Kier molecular flexibility index (Phi) is 2.97. The molecule has 0 atom stereocenters. The number of nitrogen functional groups attached to an aromatic ring is 1. The Morgan fingerprint density at radius 2 is 2.17 bits per heavy atom. The van der Waals surface area contributed by atoms with E-state index in [0.29, 0.717) is 0 Å². The Morgan fingerprint density at radius 3 is 2.72 bits per heavy atom. The van der Waals surface area contributed by atoms with Crippen LogP contribution < -0.4 is 5.73 Å². The summed E-state index contributed by atoms with van der Waals surface area (Å²) in [6, 6.07) is 0. The number of nitrogens with two attached hydrogens (primary N) is 1. The van der Waals surface area contributed by atoms with Crippen LogP contribution in [0.15, 0.2) is 0 Å². The molecule has 0 unspecified atom stereocenters. The van der Waals surface area contributed by atoms with Gasteiger partial charge in [0.25, 0.3) is 6.43 Å². The predicted molar refractivity (Wildman–Crippen MR) is 61.0 cm³/mol. The largest absolute Gasteiger partial charge is 0.383 e. The molecule has 0 saturated heterocycles. The van der Waals surface area contributed by atoms with Crippen LogP contribution in [-0.4, -0.2) is 40.4 Å². The van der Waals surface area contributed by atoms with Crippen molar-refractivity contribution in [3.05, 3.63) is 5.69 Å². The van der Waals surface area contributed by atoms with E-state index in [0.717, 1.165) is 10.9 Å². The van der Waals surface area contributed by atoms with Crippen molar-refractivity contribution in [1.29, 1.82) is 0 Å². The molecule has 0 aliphatic rings. The molecule has 0 aliphatic carbocycles. The fourth-order valence-electron chi connectivity index (χ4n) is 1.57. The van der Waals surface area contributed by atoms with E-state index in [-0.39, 0.29) is 29.1 Å². The van der Waals surface area contributed by atoms with Crippen LogP contribution in [0, 0.1) is 0 Å². The molecule has 2 aromatic heterocycles. The summed E-state index contributed by atoms with van der Waals surface area (Å²) in [6.07, 6.45) is -1.74. The van der Waals surface area contributed by atoms with Crippen molar-refractivity contribution in [1.82, 2.24) is 20.0 Å². The average Bonchev–Trinajstić information content (AvgIpc) is 2.76. The van der Waals surface area contributed by atoms with Crippen LogP contribution in [0.25, 0.3) is 11.0 Å². The van der Waals surface area contributed by atoms with Gasteiger partial charge < -0.3 is 5.73 Å². The van der Waals surface area contributed by atoms with Gasteiger partial charge in [-0.05, 0) is 0 Å². The zero-order chi connectivity index (χ0) is 13.5. The molecular weight excluding hydrogens is 268 g/mol. The van der Waals surface area contributed by atoms with Crippen LogP contribution in [0.3, 0.4) is 0 Å². The Morgan fingerprint density at radius 1 is 1.50 bits per heavy atom. The van der Waals surface area contributed by atoms with E-state index in [4.69, 9.17) is 5.73 Å². The van der Waals surface area contributed by atoms with Crippen LogP contribution >= 0.6 is 0 Å². The van der Waals surface area contributed by atoms with E-state index in [1.807, 2.05) is 0 Å². The zero-order valence-corrected chi connectivity index (χ0v) is 10.2. The number of alkyl halides is 2. The number of hydrogen-bond donors (Lipinski definition) is 2. The second kappa shape index (κ2) is 4.19. The molecule has 2 aromatic rings. The monoisotopic (exact) mass is 279 g/mol. The lowest BCUT2D eigenvalue weighted by molar-refractivity contribution is 0.146. The lowest BCUT2D eigenvalue weighted by Gasteiger charge is -2.00. The van der Waals surface area contributed by atoms with Crippen molar-refractivity contribution >= 4 is 26.7 Å². The van der Waals surface area contributed by atoms with Gasteiger partial charge in [-0.25, -0.2) is 21.9 Å². The van der Waals surface area contributed by atoms with E-state index < -0.39 is 22.0 Å². The van der Waals surface area contributed by atoms with Crippen LogP contribution in [-0.2, 0) is 16.4 Å². The molecular formula is C8H11F2N5O2S. The standard InChI is InChI=1S/C8H11F2N5O2S/c1-18(16,17)3-2-15-8-4(7(11)12-13-8)5(14-15)6(9)10/h6H,2-3H2,1H3,(H3,11,12,13). The van der Waals surface area contributed by atoms with Crippen LogP contribution in [0.4, 0.5) is 14.6 Å². The van der Waals surface area contributed by atoms with Crippen molar-refractivity contribution in [3.63, 3.8) is 0 Å². The van der Waals surface area contributed by atoms with Gasteiger partial charge >= 0.3 is 0 Å². The summed E-state index contributed by atoms with van der Waals surface area (Å²) in [7, 11) is -3.21. The van der Waals surface area contributed by atoms with Crippen molar-refractivity contribution in [3.8, 4) is 0 Å². The summed E-state index contributed by atoms with van der Waals surface area (Å²) >= 11 is 0. The molecule has 2 rings (SSSR count). The first-order valence-corrected chi connectivity index (χ1v) is 7.02. The van der Waals surface area contributed by atoms with Gasteiger partial charge in [0.2, 0.25) is 0 Å². The van der Waals surface area contributed by atoms with Gasteiger partial charge in [0.05, 0.1) is 17.7 Å². The highest BCUT2D eigenvalue weighted by molar-refractivity contribution is 7.90. The molecule has 0 bridgehead atoms. The minimum Gasteiger partial charge on any atom is -0.383 e. The number of sulfone groups is 1. The first-order chi connectivity index (χ1) is 8.29. The van der Waals surface area contributed by atoms with Gasteiger partial charge in [-0.3, -0.25) is 5.10 Å². The smallest absolute Gasteiger partial charge is 0.282 e. The number of nitrogens with one attached hydrogen (secondary N) is 1. The second-order valence-electron chi connectivity index (χ2n) is 3.87. The fraction of sp³-hybridized carbons (Fsp3) is 0.500. The maximum atomic E-state index is 12.8. The lowest BCUT2D eigenvalue weighted by Crippen LogP contribution is -2.12. The van der Waals surface area contributed by atoms with Gasteiger partial charge in [0.15, 0.2) is 5.65 Å². The summed E-state index contributed by atoms with van der Waals surface area (Å²) in [5.41, 5.74) is 5.12. The number of rotatable bonds is 4. The number of H-pyrrole nitrogens is 1. The Balaban J connectivity index is 2.46. The Labute approximate surface area is 101 Å². The Hall–Kier alpha value is -1.71. The van der Waals surface area contributed by atoms with E-state index in [1.54, 1.807) is 0 Å². The summed E-state index contributed by atoms with van der Waals surface area (Å²) in [4.78, 5) is 0. The highest BCUT2D eigenvalue weighted by atomic mass is 32.2. The minimum atomic E-state index is -3.21. The van der Waals surface area contributed by atoms with Crippen molar-refractivity contribution in [2.75, 3.05) is 17.7 Å². The first-order valence-electron chi connectivity index (χ1n) is 4.95. The molecule has 0 amide bonds. The van der Waals surface area contributed by atoms with Gasteiger partial charge in [-0.2, -0.15) is 10.2 Å². The zero-order valence-electron chi connectivity index (χ0n) is 9.39. The quantitative estimate of drug-likeness (QED) is 0.838. The summed E-state index contributed by atoms with van der Waals surface area (Å²) < 4.78 is 48.7. The number of aryl methyl sites for hydroxylation is 1. The molecule has 10 heteroatoms. The molecule has 100 valence electrons. The maximum absolute atomic E-state index is 12.8. The predicted octanol–water partition coefficient (Wildman–Crippen LogP) is 0.324.